The third kappa shape index (κ3) is 4.50. The maximum atomic E-state index is 12.5. The maximum Gasteiger partial charge on any atom is 0.245 e. The van der Waals surface area contributed by atoms with Gasteiger partial charge in [-0.3, -0.25) is 4.55 Å². The zero-order valence-electron chi connectivity index (χ0n) is 13.3. The summed E-state index contributed by atoms with van der Waals surface area (Å²) in [7, 11) is 0.0968. The SMILES string of the molecule is CN(C)c1cccc2c(S(=O)(=O)NCCNNS(=O)O)cccc12. The Bertz CT molecular complexity index is 840. The van der Waals surface area contributed by atoms with Crippen LogP contribution < -0.4 is 19.9 Å². The lowest BCUT2D eigenvalue weighted by molar-refractivity contribution is 0.525. The Kier molecular flexibility index (Phi) is 6.27. The second kappa shape index (κ2) is 8.01. The minimum absolute atomic E-state index is 0.0658. The molecule has 0 saturated heterocycles. The Hall–Kier alpha value is -1.56. The summed E-state index contributed by atoms with van der Waals surface area (Å²) in [4.78, 5) is 4.18. The standard InChI is InChI=1S/C14H20N4O4S2/c1-18(2)13-7-3-6-12-11(13)5-4-8-14(12)24(21,22)16-10-9-15-17-23(19)20/h3-8,15-17H,9-10H2,1-2H3,(H,19,20). The molecule has 0 fully saturated rings. The van der Waals surface area contributed by atoms with Crippen LogP contribution in [0.4, 0.5) is 5.69 Å². The van der Waals surface area contributed by atoms with E-state index >= 15 is 0 Å². The molecule has 0 aromatic heterocycles. The molecule has 0 amide bonds. The average molecular weight is 372 g/mol. The second-order valence-electron chi connectivity index (χ2n) is 5.20. The van der Waals surface area contributed by atoms with Gasteiger partial charge in [0.2, 0.25) is 21.3 Å². The molecule has 0 heterocycles. The first-order chi connectivity index (χ1) is 11.3. The van der Waals surface area contributed by atoms with Crippen molar-refractivity contribution in [2.24, 2.45) is 0 Å². The molecule has 1 unspecified atom stereocenters. The third-order valence-electron chi connectivity index (χ3n) is 3.33. The van der Waals surface area contributed by atoms with Crippen LogP contribution in [0.3, 0.4) is 0 Å². The quantitative estimate of drug-likeness (QED) is 0.304. The van der Waals surface area contributed by atoms with Crippen LogP contribution in [-0.4, -0.2) is 44.4 Å². The number of hydrogen-bond donors (Lipinski definition) is 4. The lowest BCUT2D eigenvalue weighted by atomic mass is 10.1. The highest BCUT2D eigenvalue weighted by atomic mass is 32.2. The molecule has 0 aliphatic heterocycles. The van der Waals surface area contributed by atoms with Gasteiger partial charge in [-0.15, -0.1) is 0 Å². The van der Waals surface area contributed by atoms with Gasteiger partial charge in [0.1, 0.15) is 0 Å². The van der Waals surface area contributed by atoms with E-state index in [1.165, 1.54) is 0 Å². The number of hydrazine groups is 1. The van der Waals surface area contributed by atoms with Crippen molar-refractivity contribution in [2.75, 3.05) is 32.1 Å². The first-order valence-corrected chi connectivity index (χ1v) is 9.70. The summed E-state index contributed by atoms with van der Waals surface area (Å²) in [6, 6.07) is 10.7. The van der Waals surface area contributed by atoms with E-state index in [4.69, 9.17) is 4.55 Å². The van der Waals surface area contributed by atoms with E-state index in [-0.39, 0.29) is 18.0 Å². The fourth-order valence-corrected chi connectivity index (χ4v) is 3.80. The normalized spacial score (nSPS) is 13.1. The van der Waals surface area contributed by atoms with Crippen molar-refractivity contribution in [1.29, 1.82) is 0 Å². The lowest BCUT2D eigenvalue weighted by Gasteiger charge is -2.17. The number of hydrogen-bond acceptors (Lipinski definition) is 5. The van der Waals surface area contributed by atoms with Crippen molar-refractivity contribution in [3.63, 3.8) is 0 Å². The van der Waals surface area contributed by atoms with E-state index in [0.717, 1.165) is 11.1 Å². The molecule has 2 aromatic carbocycles. The van der Waals surface area contributed by atoms with Gasteiger partial charge in [-0.2, -0.15) is 4.83 Å². The van der Waals surface area contributed by atoms with Crippen molar-refractivity contribution in [2.45, 2.75) is 4.90 Å². The summed E-state index contributed by atoms with van der Waals surface area (Å²) in [6.45, 7) is 0.218. The van der Waals surface area contributed by atoms with Crippen LogP contribution in [0.2, 0.25) is 0 Å². The molecule has 24 heavy (non-hydrogen) atoms. The van der Waals surface area contributed by atoms with E-state index in [1.54, 1.807) is 18.2 Å². The summed E-state index contributed by atoms with van der Waals surface area (Å²) in [6.07, 6.45) is 0. The molecule has 0 bridgehead atoms. The highest BCUT2D eigenvalue weighted by molar-refractivity contribution is 7.89. The van der Waals surface area contributed by atoms with E-state index in [9.17, 15) is 12.6 Å². The number of fused-ring (bicyclic) bond motifs is 1. The molecule has 132 valence electrons. The third-order valence-corrected chi connectivity index (χ3v) is 5.17. The van der Waals surface area contributed by atoms with Crippen LogP contribution in [0, 0.1) is 0 Å². The predicted octanol–water partition coefficient (Wildman–Crippen LogP) is 0.415. The van der Waals surface area contributed by atoms with Crippen LogP contribution >= 0.6 is 0 Å². The minimum Gasteiger partial charge on any atom is -0.377 e. The number of benzene rings is 2. The summed E-state index contributed by atoms with van der Waals surface area (Å²) >= 11 is -2.19. The molecule has 10 heteroatoms. The number of nitrogens with one attached hydrogen (secondary N) is 3. The fourth-order valence-electron chi connectivity index (χ4n) is 2.33. The predicted molar refractivity (Wildman–Crippen MR) is 95.4 cm³/mol. The van der Waals surface area contributed by atoms with Crippen molar-refractivity contribution in [3.8, 4) is 0 Å². The minimum atomic E-state index is -3.70. The first-order valence-electron chi connectivity index (χ1n) is 7.11. The van der Waals surface area contributed by atoms with E-state index in [0.29, 0.717) is 5.39 Å². The number of nitrogens with zero attached hydrogens (tertiary/aromatic N) is 1. The van der Waals surface area contributed by atoms with Crippen molar-refractivity contribution in [3.05, 3.63) is 36.4 Å². The Balaban J connectivity index is 2.24. The molecule has 4 N–H and O–H groups in total. The van der Waals surface area contributed by atoms with Gasteiger partial charge in [0.25, 0.3) is 0 Å². The second-order valence-corrected chi connectivity index (χ2v) is 7.64. The number of anilines is 1. The van der Waals surface area contributed by atoms with Gasteiger partial charge in [0.15, 0.2) is 0 Å². The van der Waals surface area contributed by atoms with E-state index < -0.39 is 21.3 Å². The highest BCUT2D eigenvalue weighted by Gasteiger charge is 2.17. The van der Waals surface area contributed by atoms with Gasteiger partial charge in [0.05, 0.1) is 4.90 Å². The van der Waals surface area contributed by atoms with Gasteiger partial charge < -0.3 is 4.90 Å². The largest absolute Gasteiger partial charge is 0.377 e. The van der Waals surface area contributed by atoms with Crippen LogP contribution in [0.1, 0.15) is 0 Å². The van der Waals surface area contributed by atoms with Crippen LogP contribution in [0.25, 0.3) is 10.8 Å². The molecular weight excluding hydrogens is 352 g/mol. The summed E-state index contributed by atoms with van der Waals surface area (Å²) in [5.41, 5.74) is 3.37. The summed E-state index contributed by atoms with van der Waals surface area (Å²) in [5.74, 6) is 0. The highest BCUT2D eigenvalue weighted by Crippen LogP contribution is 2.29. The Morgan fingerprint density at radius 2 is 1.75 bits per heavy atom. The van der Waals surface area contributed by atoms with E-state index in [2.05, 4.69) is 15.0 Å². The molecule has 1 atom stereocenters. The van der Waals surface area contributed by atoms with Gasteiger partial charge in [0, 0.05) is 43.6 Å². The molecule has 2 rings (SSSR count). The zero-order chi connectivity index (χ0) is 17.7. The zero-order valence-corrected chi connectivity index (χ0v) is 14.9. The molecule has 0 aliphatic rings. The molecule has 0 aliphatic carbocycles. The Morgan fingerprint density at radius 3 is 2.42 bits per heavy atom. The van der Waals surface area contributed by atoms with Crippen molar-refractivity contribution >= 4 is 37.7 Å². The van der Waals surface area contributed by atoms with Gasteiger partial charge in [-0.1, -0.05) is 24.3 Å². The summed E-state index contributed by atoms with van der Waals surface area (Å²) in [5, 5.41) is 1.49. The first kappa shape index (κ1) is 18.8. The average Bonchev–Trinajstić information content (AvgIpc) is 2.52. The van der Waals surface area contributed by atoms with Crippen LogP contribution in [-0.2, 0) is 21.3 Å². The molecule has 0 radical (unpaired) electrons. The Morgan fingerprint density at radius 1 is 1.08 bits per heavy atom. The van der Waals surface area contributed by atoms with Crippen molar-refractivity contribution in [1.82, 2.24) is 15.0 Å². The van der Waals surface area contributed by atoms with Gasteiger partial charge >= 0.3 is 0 Å². The smallest absolute Gasteiger partial charge is 0.245 e. The maximum absolute atomic E-state index is 12.5. The molecule has 2 aromatic rings. The van der Waals surface area contributed by atoms with Crippen molar-refractivity contribution < 1.29 is 17.2 Å². The van der Waals surface area contributed by atoms with Gasteiger partial charge in [-0.05, 0) is 12.1 Å². The Labute approximate surface area is 143 Å². The van der Waals surface area contributed by atoms with Crippen LogP contribution in [0.15, 0.2) is 41.3 Å². The fraction of sp³-hybridized carbons (Fsp3) is 0.286. The van der Waals surface area contributed by atoms with Crippen LogP contribution in [0.5, 0.6) is 0 Å². The summed E-state index contributed by atoms with van der Waals surface area (Å²) < 4.78 is 46.5. The number of rotatable bonds is 8. The monoisotopic (exact) mass is 372 g/mol. The molecule has 0 spiro atoms. The molecular formula is C14H20N4O4S2. The van der Waals surface area contributed by atoms with Gasteiger partial charge in [-0.25, -0.2) is 22.8 Å². The number of sulfonamides is 1. The topological polar surface area (TPSA) is 111 Å². The molecule has 0 saturated carbocycles. The van der Waals surface area contributed by atoms with E-state index in [1.807, 2.05) is 37.2 Å². The molecule has 8 nitrogen and oxygen atoms in total. The lowest BCUT2D eigenvalue weighted by Crippen LogP contribution is -2.39.